The fourth-order valence-electron chi connectivity index (χ4n) is 5.21. The molecule has 1 fully saturated rings. The minimum atomic E-state index is -0.263. The van der Waals surface area contributed by atoms with E-state index in [0.717, 1.165) is 50.7 Å². The molecule has 0 aliphatic heterocycles. The lowest BCUT2D eigenvalue weighted by Crippen LogP contribution is -2.28. The smallest absolute Gasteiger partial charge is 0.174 e. The predicted molar refractivity (Wildman–Crippen MR) is 105 cm³/mol. The lowest BCUT2D eigenvalue weighted by molar-refractivity contribution is 0.0869. The Morgan fingerprint density at radius 3 is 2.89 bits per heavy atom. The predicted octanol–water partition coefficient (Wildman–Crippen LogP) is 4.02. The van der Waals surface area contributed by atoms with Crippen LogP contribution in [0.25, 0.3) is 0 Å². The molecule has 1 saturated carbocycles. The van der Waals surface area contributed by atoms with E-state index in [1.165, 1.54) is 24.0 Å². The summed E-state index contributed by atoms with van der Waals surface area (Å²) < 4.78 is 5.62. The molecule has 3 rings (SSSR count). The van der Waals surface area contributed by atoms with Crippen LogP contribution in [0.15, 0.2) is 18.2 Å². The molecule has 0 bridgehead atoms. The number of fused-ring (bicyclic) bond motifs is 2. The van der Waals surface area contributed by atoms with Crippen molar-refractivity contribution in [3.63, 3.8) is 0 Å². The Balaban J connectivity index is 1.62. The maximum absolute atomic E-state index is 10.7. The number of ether oxygens (including phenoxy) is 1. The molecule has 4 nitrogen and oxygen atoms in total. The zero-order valence-electron chi connectivity index (χ0n) is 16.4. The number of hydrogen-bond acceptors (Lipinski definition) is 4. The number of aliphatic hydroxyl groups is 2. The maximum Gasteiger partial charge on any atom is 0.174 e. The molecule has 27 heavy (non-hydrogen) atoms. The molecule has 0 heterocycles. The summed E-state index contributed by atoms with van der Waals surface area (Å²) in [5.74, 6) is 2.08. The Labute approximate surface area is 163 Å². The highest BCUT2D eigenvalue weighted by Gasteiger charge is 2.44. The summed E-state index contributed by atoms with van der Waals surface area (Å²) in [5, 5.41) is 29.7. The molecule has 0 aromatic heterocycles. The Morgan fingerprint density at radius 2 is 2.11 bits per heavy atom. The molecule has 1 aromatic rings. The first kappa shape index (κ1) is 20.2. The van der Waals surface area contributed by atoms with Crippen LogP contribution >= 0.6 is 0 Å². The molecule has 0 radical (unpaired) electrons. The fraction of sp³-hybridized carbons (Fsp3) is 0.696. The molecule has 0 saturated heterocycles. The van der Waals surface area contributed by atoms with E-state index >= 15 is 0 Å². The average Bonchev–Trinajstić information content (AvgIpc) is 2.97. The molecule has 0 spiro atoms. The van der Waals surface area contributed by atoms with Gasteiger partial charge < -0.3 is 14.9 Å². The summed E-state index contributed by atoms with van der Waals surface area (Å²) in [6.45, 7) is 2.25. The van der Waals surface area contributed by atoms with Crippen LogP contribution in [0.5, 0.6) is 5.75 Å². The van der Waals surface area contributed by atoms with Crippen LogP contribution < -0.4 is 4.74 Å². The quantitative estimate of drug-likeness (QED) is 0.643. The second-order valence-electron chi connectivity index (χ2n) is 8.37. The van der Waals surface area contributed by atoms with Gasteiger partial charge in [0.2, 0.25) is 0 Å². The number of benzene rings is 1. The SMILES string of the molecule is CCCCC[C@H](O)CC[C@H]1[C@H](O)CC2Cc3c(cccc3OCC#N)C[C@@H]21. The summed E-state index contributed by atoms with van der Waals surface area (Å²) in [4.78, 5) is 0. The number of rotatable bonds is 9. The normalized spacial score (nSPS) is 27.5. The lowest BCUT2D eigenvalue weighted by atomic mass is 9.73. The van der Waals surface area contributed by atoms with Gasteiger partial charge in [0.25, 0.3) is 0 Å². The van der Waals surface area contributed by atoms with E-state index in [2.05, 4.69) is 13.0 Å². The van der Waals surface area contributed by atoms with E-state index in [-0.39, 0.29) is 24.7 Å². The van der Waals surface area contributed by atoms with Crippen LogP contribution in [0.3, 0.4) is 0 Å². The van der Waals surface area contributed by atoms with Crippen LogP contribution in [0, 0.1) is 29.1 Å². The van der Waals surface area contributed by atoms with Crippen molar-refractivity contribution in [3.05, 3.63) is 29.3 Å². The number of nitriles is 1. The second kappa shape index (κ2) is 9.57. The molecule has 4 heteroatoms. The van der Waals surface area contributed by atoms with Gasteiger partial charge in [0.05, 0.1) is 12.2 Å². The highest BCUT2D eigenvalue weighted by atomic mass is 16.5. The van der Waals surface area contributed by atoms with Crippen molar-refractivity contribution >= 4 is 0 Å². The number of unbranched alkanes of at least 4 members (excludes halogenated alkanes) is 2. The fourth-order valence-corrected chi connectivity index (χ4v) is 5.21. The van der Waals surface area contributed by atoms with E-state index < -0.39 is 0 Å². The van der Waals surface area contributed by atoms with Crippen LogP contribution in [0.1, 0.15) is 63.0 Å². The minimum absolute atomic E-state index is 0.0751. The molecule has 2 aliphatic carbocycles. The van der Waals surface area contributed by atoms with Gasteiger partial charge in [0.15, 0.2) is 6.61 Å². The van der Waals surface area contributed by atoms with Crippen LogP contribution in [0.2, 0.25) is 0 Å². The third-order valence-corrected chi connectivity index (χ3v) is 6.61. The first-order valence-corrected chi connectivity index (χ1v) is 10.6. The van der Waals surface area contributed by atoms with Gasteiger partial charge in [-0.2, -0.15) is 5.26 Å². The molecule has 5 atom stereocenters. The van der Waals surface area contributed by atoms with Crippen molar-refractivity contribution < 1.29 is 14.9 Å². The van der Waals surface area contributed by atoms with Crippen molar-refractivity contribution in [2.45, 2.75) is 76.9 Å². The van der Waals surface area contributed by atoms with E-state index in [1.807, 2.05) is 18.2 Å². The Morgan fingerprint density at radius 1 is 1.26 bits per heavy atom. The monoisotopic (exact) mass is 371 g/mol. The zero-order chi connectivity index (χ0) is 19.2. The molecule has 1 unspecified atom stereocenters. The summed E-state index contributed by atoms with van der Waals surface area (Å²) in [6, 6.07) is 8.16. The Bertz CT molecular complexity index is 654. The van der Waals surface area contributed by atoms with E-state index in [0.29, 0.717) is 11.8 Å². The van der Waals surface area contributed by atoms with Crippen LogP contribution in [-0.4, -0.2) is 29.0 Å². The highest BCUT2D eigenvalue weighted by Crippen LogP contribution is 2.48. The molecular weight excluding hydrogens is 338 g/mol. The van der Waals surface area contributed by atoms with Crippen molar-refractivity contribution in [1.82, 2.24) is 0 Å². The Hall–Kier alpha value is -1.57. The third-order valence-electron chi connectivity index (χ3n) is 6.61. The first-order valence-electron chi connectivity index (χ1n) is 10.6. The van der Waals surface area contributed by atoms with Gasteiger partial charge in [-0.05, 0) is 73.5 Å². The van der Waals surface area contributed by atoms with E-state index in [4.69, 9.17) is 10.00 Å². The molecule has 0 amide bonds. The number of aliphatic hydroxyl groups excluding tert-OH is 2. The standard InChI is InChI=1S/C23H33NO3/c1-2-3-4-7-18(25)9-10-19-20-13-16-6-5-8-23(27-12-11-24)21(16)14-17(20)15-22(19)26/h5-6,8,17-20,22,25-26H,2-4,7,9-10,12-15H2,1H3/t17?,18-,19+,20-,22+/m0/s1. The van der Waals surface area contributed by atoms with E-state index in [1.54, 1.807) is 0 Å². The summed E-state index contributed by atoms with van der Waals surface area (Å²) in [6.07, 6.45) is 8.29. The lowest BCUT2D eigenvalue weighted by Gasteiger charge is -2.32. The van der Waals surface area contributed by atoms with E-state index in [9.17, 15) is 10.2 Å². The number of nitrogens with zero attached hydrogens (tertiary/aromatic N) is 1. The number of hydrogen-bond donors (Lipinski definition) is 2. The van der Waals surface area contributed by atoms with Crippen molar-refractivity contribution in [2.24, 2.45) is 17.8 Å². The van der Waals surface area contributed by atoms with Crippen LogP contribution in [0.4, 0.5) is 0 Å². The topological polar surface area (TPSA) is 73.5 Å². The summed E-state index contributed by atoms with van der Waals surface area (Å²) in [5.41, 5.74) is 2.52. The van der Waals surface area contributed by atoms with Gasteiger partial charge >= 0.3 is 0 Å². The third kappa shape index (κ3) is 4.83. The molecular formula is C23H33NO3. The summed E-state index contributed by atoms with van der Waals surface area (Å²) in [7, 11) is 0. The zero-order valence-corrected chi connectivity index (χ0v) is 16.4. The van der Waals surface area contributed by atoms with Gasteiger partial charge in [-0.15, -0.1) is 0 Å². The van der Waals surface area contributed by atoms with Crippen molar-refractivity contribution in [1.29, 1.82) is 5.26 Å². The Kier molecular flexibility index (Phi) is 7.15. The molecule has 148 valence electrons. The van der Waals surface area contributed by atoms with Crippen LogP contribution in [-0.2, 0) is 12.8 Å². The average molecular weight is 372 g/mol. The van der Waals surface area contributed by atoms with Gasteiger partial charge in [0, 0.05) is 0 Å². The minimum Gasteiger partial charge on any atom is -0.478 e. The summed E-state index contributed by atoms with van der Waals surface area (Å²) >= 11 is 0. The molecule has 2 aliphatic rings. The van der Waals surface area contributed by atoms with Gasteiger partial charge in [-0.3, -0.25) is 0 Å². The van der Waals surface area contributed by atoms with Gasteiger partial charge in [0.1, 0.15) is 11.8 Å². The van der Waals surface area contributed by atoms with Gasteiger partial charge in [-0.1, -0.05) is 38.3 Å². The van der Waals surface area contributed by atoms with Crippen molar-refractivity contribution in [2.75, 3.05) is 6.61 Å². The van der Waals surface area contributed by atoms with Gasteiger partial charge in [-0.25, -0.2) is 0 Å². The molecule has 2 N–H and O–H groups in total. The first-order chi connectivity index (χ1) is 13.1. The highest BCUT2D eigenvalue weighted by molar-refractivity contribution is 5.43. The van der Waals surface area contributed by atoms with Crippen molar-refractivity contribution in [3.8, 4) is 11.8 Å². The molecule has 1 aromatic carbocycles. The second-order valence-corrected chi connectivity index (χ2v) is 8.37. The largest absolute Gasteiger partial charge is 0.478 e. The maximum atomic E-state index is 10.7.